The predicted molar refractivity (Wildman–Crippen MR) is 88.4 cm³/mol. The second-order valence-electron chi connectivity index (χ2n) is 7.62. The number of nitrogens with zero attached hydrogens (tertiary/aromatic N) is 2. The molecule has 0 bridgehead atoms. The van der Waals surface area contributed by atoms with Gasteiger partial charge in [-0.2, -0.15) is 5.10 Å². The van der Waals surface area contributed by atoms with E-state index in [0.29, 0.717) is 17.8 Å². The van der Waals surface area contributed by atoms with Gasteiger partial charge in [0, 0.05) is 18.1 Å². The molecule has 6 nitrogen and oxygen atoms in total. The van der Waals surface area contributed by atoms with Crippen LogP contribution >= 0.6 is 0 Å². The molecule has 2 atom stereocenters. The smallest absolute Gasteiger partial charge is 0.320 e. The number of carbonyl (C=O) groups is 1. The number of anilines is 1. The van der Waals surface area contributed by atoms with Crippen molar-refractivity contribution >= 4 is 11.8 Å². The van der Waals surface area contributed by atoms with Gasteiger partial charge < -0.3 is 10.1 Å². The molecule has 1 saturated heterocycles. The van der Waals surface area contributed by atoms with Crippen molar-refractivity contribution in [3.8, 4) is 0 Å². The minimum Gasteiger partial charge on any atom is -0.378 e. The van der Waals surface area contributed by atoms with Gasteiger partial charge in [0.15, 0.2) is 5.82 Å². The van der Waals surface area contributed by atoms with E-state index in [2.05, 4.69) is 41.6 Å². The summed E-state index contributed by atoms with van der Waals surface area (Å²) in [5, 5.41) is 14.1. The Hall–Kier alpha value is -1.69. The Kier molecular flexibility index (Phi) is 4.53. The van der Waals surface area contributed by atoms with Gasteiger partial charge in [-0.1, -0.05) is 20.8 Å². The molecule has 1 aromatic heterocycles. The van der Waals surface area contributed by atoms with Crippen LogP contribution in [-0.2, 0) is 10.2 Å². The number of ether oxygens (including phenoxy) is 1. The quantitative estimate of drug-likeness (QED) is 0.898. The molecule has 1 aliphatic carbocycles. The van der Waals surface area contributed by atoms with Crippen molar-refractivity contribution in [2.45, 2.75) is 64.0 Å². The van der Waals surface area contributed by atoms with Gasteiger partial charge in [-0.25, -0.2) is 4.79 Å². The van der Waals surface area contributed by atoms with E-state index in [1.54, 1.807) is 6.07 Å². The summed E-state index contributed by atoms with van der Waals surface area (Å²) in [4.78, 5) is 12.1. The molecule has 2 amide bonds. The number of carbonyl (C=O) groups excluding carboxylic acids is 1. The summed E-state index contributed by atoms with van der Waals surface area (Å²) in [7, 11) is 0. The van der Waals surface area contributed by atoms with Gasteiger partial charge in [0.25, 0.3) is 0 Å². The molecule has 1 aromatic rings. The fourth-order valence-corrected chi connectivity index (χ4v) is 2.89. The highest BCUT2D eigenvalue weighted by Crippen LogP contribution is 2.38. The summed E-state index contributed by atoms with van der Waals surface area (Å²) in [6.07, 6.45) is 4.62. The zero-order valence-corrected chi connectivity index (χ0v) is 14.1. The second kappa shape index (κ2) is 6.43. The largest absolute Gasteiger partial charge is 0.378 e. The third-order valence-corrected chi connectivity index (χ3v) is 4.47. The molecular weight excluding hydrogens is 292 g/mol. The Morgan fingerprint density at radius 3 is 2.61 bits per heavy atom. The minimum atomic E-state index is -0.218. The zero-order valence-electron chi connectivity index (χ0n) is 14.1. The number of aromatic nitrogens is 2. The standard InChI is InChI=1S/C17H26N4O2/c1-17(2,3)14-6-7-15(21-20-14)19-16(22)18-12-8-9-23-13(10-12)11-4-5-11/h6-7,11-13H,4-5,8-10H2,1-3H3,(H2,18,19,21,22)/t12-,13-/m1/s1. The maximum Gasteiger partial charge on any atom is 0.320 e. The third-order valence-electron chi connectivity index (χ3n) is 4.47. The van der Waals surface area contributed by atoms with Gasteiger partial charge in [-0.05, 0) is 43.7 Å². The molecule has 0 aromatic carbocycles. The van der Waals surface area contributed by atoms with Gasteiger partial charge in [0.1, 0.15) is 0 Å². The lowest BCUT2D eigenvalue weighted by atomic mass is 9.92. The van der Waals surface area contributed by atoms with Gasteiger partial charge in [-0.15, -0.1) is 5.10 Å². The van der Waals surface area contributed by atoms with E-state index in [1.165, 1.54) is 12.8 Å². The number of rotatable bonds is 3. The molecule has 0 spiro atoms. The average molecular weight is 318 g/mol. The highest BCUT2D eigenvalue weighted by molar-refractivity contribution is 5.88. The number of nitrogens with one attached hydrogen (secondary N) is 2. The molecular formula is C17H26N4O2. The molecule has 2 N–H and O–H groups in total. The van der Waals surface area contributed by atoms with Crippen LogP contribution < -0.4 is 10.6 Å². The van der Waals surface area contributed by atoms with Crippen molar-refractivity contribution < 1.29 is 9.53 Å². The molecule has 2 heterocycles. The summed E-state index contributed by atoms with van der Waals surface area (Å²) in [5.74, 6) is 1.18. The summed E-state index contributed by atoms with van der Waals surface area (Å²) in [5.41, 5.74) is 0.855. The van der Waals surface area contributed by atoms with Crippen molar-refractivity contribution in [2.24, 2.45) is 5.92 Å². The van der Waals surface area contributed by atoms with Crippen LogP contribution in [0.3, 0.4) is 0 Å². The molecule has 2 fully saturated rings. The Labute approximate surface area is 137 Å². The highest BCUT2D eigenvalue weighted by Gasteiger charge is 2.36. The van der Waals surface area contributed by atoms with Gasteiger partial charge in [-0.3, -0.25) is 5.32 Å². The van der Waals surface area contributed by atoms with Crippen LogP contribution in [0.4, 0.5) is 10.6 Å². The Bertz CT molecular complexity index is 549. The maximum absolute atomic E-state index is 12.1. The van der Waals surface area contributed by atoms with E-state index in [-0.39, 0.29) is 17.5 Å². The van der Waals surface area contributed by atoms with E-state index < -0.39 is 0 Å². The fraction of sp³-hybridized carbons (Fsp3) is 0.706. The highest BCUT2D eigenvalue weighted by atomic mass is 16.5. The molecule has 0 unspecified atom stereocenters. The van der Waals surface area contributed by atoms with Crippen LogP contribution in [0.1, 0.15) is 52.1 Å². The Balaban J connectivity index is 1.50. The molecule has 3 rings (SSSR count). The van der Waals surface area contributed by atoms with Gasteiger partial charge in [0.2, 0.25) is 0 Å². The van der Waals surface area contributed by atoms with Crippen LogP contribution in [0.25, 0.3) is 0 Å². The fourth-order valence-electron chi connectivity index (χ4n) is 2.89. The minimum absolute atomic E-state index is 0.0479. The molecule has 126 valence electrons. The van der Waals surface area contributed by atoms with E-state index >= 15 is 0 Å². The first-order valence-electron chi connectivity index (χ1n) is 8.45. The molecule has 2 aliphatic rings. The van der Waals surface area contributed by atoms with E-state index in [0.717, 1.165) is 25.1 Å². The van der Waals surface area contributed by atoms with E-state index in [4.69, 9.17) is 4.74 Å². The Morgan fingerprint density at radius 2 is 2.00 bits per heavy atom. The van der Waals surface area contributed by atoms with Crippen LogP contribution in [0.5, 0.6) is 0 Å². The average Bonchev–Trinajstić information content (AvgIpc) is 3.31. The summed E-state index contributed by atoms with van der Waals surface area (Å²) >= 11 is 0. The predicted octanol–water partition coefficient (Wildman–Crippen LogP) is 2.85. The molecule has 6 heteroatoms. The van der Waals surface area contributed by atoms with Crippen LogP contribution in [-0.4, -0.2) is 35.0 Å². The molecule has 1 aliphatic heterocycles. The summed E-state index contributed by atoms with van der Waals surface area (Å²) in [6, 6.07) is 3.66. The maximum atomic E-state index is 12.1. The lowest BCUT2D eigenvalue weighted by Gasteiger charge is -2.30. The molecule has 23 heavy (non-hydrogen) atoms. The number of hydrogen-bond donors (Lipinski definition) is 2. The van der Waals surface area contributed by atoms with Crippen molar-refractivity contribution in [2.75, 3.05) is 11.9 Å². The van der Waals surface area contributed by atoms with Crippen LogP contribution in [0.15, 0.2) is 12.1 Å². The van der Waals surface area contributed by atoms with E-state index in [9.17, 15) is 4.79 Å². The Morgan fingerprint density at radius 1 is 1.22 bits per heavy atom. The third kappa shape index (κ3) is 4.41. The zero-order chi connectivity index (χ0) is 16.4. The first kappa shape index (κ1) is 16.2. The lowest BCUT2D eigenvalue weighted by molar-refractivity contribution is -0.00889. The van der Waals surface area contributed by atoms with Crippen molar-refractivity contribution in [3.05, 3.63) is 17.8 Å². The summed E-state index contributed by atoms with van der Waals surface area (Å²) < 4.78 is 5.78. The van der Waals surface area contributed by atoms with E-state index in [1.807, 2.05) is 6.07 Å². The molecule has 0 radical (unpaired) electrons. The number of urea groups is 1. The summed E-state index contributed by atoms with van der Waals surface area (Å²) in [6.45, 7) is 6.97. The topological polar surface area (TPSA) is 76.1 Å². The first-order chi connectivity index (χ1) is 10.9. The SMILES string of the molecule is CC(C)(C)c1ccc(NC(=O)N[C@@H]2CCO[C@@H](C3CC3)C2)nn1. The lowest BCUT2D eigenvalue weighted by Crippen LogP contribution is -2.44. The van der Waals surface area contributed by atoms with Crippen LogP contribution in [0.2, 0.25) is 0 Å². The molecule has 1 saturated carbocycles. The van der Waals surface area contributed by atoms with Crippen molar-refractivity contribution in [3.63, 3.8) is 0 Å². The van der Waals surface area contributed by atoms with Crippen molar-refractivity contribution in [1.29, 1.82) is 0 Å². The number of hydrogen-bond acceptors (Lipinski definition) is 4. The first-order valence-corrected chi connectivity index (χ1v) is 8.45. The van der Waals surface area contributed by atoms with Crippen LogP contribution in [0, 0.1) is 5.92 Å². The van der Waals surface area contributed by atoms with Gasteiger partial charge in [0.05, 0.1) is 11.8 Å². The van der Waals surface area contributed by atoms with Gasteiger partial charge >= 0.3 is 6.03 Å². The number of amides is 2. The monoisotopic (exact) mass is 318 g/mol. The second-order valence-corrected chi connectivity index (χ2v) is 7.62. The normalized spacial score (nSPS) is 25.0. The van der Waals surface area contributed by atoms with Crippen molar-refractivity contribution in [1.82, 2.24) is 15.5 Å².